The van der Waals surface area contributed by atoms with E-state index >= 15 is 0 Å². The van der Waals surface area contributed by atoms with Crippen LogP contribution in [0.5, 0.6) is 0 Å². The maximum atomic E-state index is 2.31. The van der Waals surface area contributed by atoms with Crippen LogP contribution in [0.3, 0.4) is 0 Å². The van der Waals surface area contributed by atoms with Gasteiger partial charge in [0, 0.05) is 68.2 Å². The summed E-state index contributed by atoms with van der Waals surface area (Å²) in [5.41, 5.74) is 13.1. The van der Waals surface area contributed by atoms with Crippen molar-refractivity contribution in [2.45, 2.75) is 125 Å². The molecule has 76 heavy (non-hydrogen) atoms. The molecule has 0 saturated heterocycles. The van der Waals surface area contributed by atoms with Gasteiger partial charge in [-0.2, -0.15) is 0 Å². The van der Waals surface area contributed by atoms with E-state index < -0.39 is 0 Å². The molecular weight excluding hydrogens is 921 g/mol. The summed E-state index contributed by atoms with van der Waals surface area (Å²) < 4.78 is 0. The molecule has 0 aliphatic rings. The minimum Gasteiger partial charge on any atom is -0.311 e. The molecule has 0 radical (unpaired) electrons. The average Bonchev–Trinajstić information content (AvgIpc) is 3.55. The van der Waals surface area contributed by atoms with E-state index in [9.17, 15) is 0 Å². The highest BCUT2D eigenvalue weighted by Gasteiger charge is 2.19. The Hall–Kier alpha value is -7.82. The zero-order valence-electron chi connectivity index (χ0n) is 50.0. The first-order valence-corrected chi connectivity index (χ1v) is 28.6. The Balaban J connectivity index is 0.00000284. The molecule has 9 rings (SSSR count). The summed E-state index contributed by atoms with van der Waals surface area (Å²) in [6.07, 6.45) is 0. The molecule has 9 aromatic carbocycles. The summed E-state index contributed by atoms with van der Waals surface area (Å²) in [5, 5.41) is 0. The highest BCUT2D eigenvalue weighted by atomic mass is 15.2. The van der Waals surface area contributed by atoms with Crippen LogP contribution in [0, 0.1) is 0 Å². The van der Waals surface area contributed by atoms with E-state index in [0.717, 1.165) is 68.2 Å². The molecular formula is C72H96N4. The molecule has 0 bridgehead atoms. The van der Waals surface area contributed by atoms with Gasteiger partial charge in [0.25, 0.3) is 0 Å². The lowest BCUT2D eigenvalue weighted by Gasteiger charge is -2.30. The van der Waals surface area contributed by atoms with Crippen molar-refractivity contribution in [2.24, 2.45) is 0 Å². The van der Waals surface area contributed by atoms with Crippen molar-refractivity contribution in [1.82, 2.24) is 0 Å². The molecule has 0 aliphatic carbocycles. The summed E-state index contributed by atoms with van der Waals surface area (Å²) in [6, 6.07) is 89.7. The summed E-state index contributed by atoms with van der Waals surface area (Å²) >= 11 is 0. The van der Waals surface area contributed by atoms with Crippen LogP contribution in [-0.4, -0.2) is 0 Å². The van der Waals surface area contributed by atoms with E-state index in [2.05, 4.69) is 274 Å². The van der Waals surface area contributed by atoms with Crippen LogP contribution in [0.2, 0.25) is 0 Å². The number of nitrogens with zero attached hydrogens (tertiary/aromatic N) is 4. The molecule has 0 spiro atoms. The predicted molar refractivity (Wildman–Crippen MR) is 347 cm³/mol. The van der Waals surface area contributed by atoms with Gasteiger partial charge in [0.15, 0.2) is 0 Å². The van der Waals surface area contributed by atoms with Crippen molar-refractivity contribution < 1.29 is 0 Å². The molecule has 0 amide bonds. The average molecular weight is 1020 g/mol. The quantitative estimate of drug-likeness (QED) is 0.121. The zero-order chi connectivity index (χ0) is 56.9. The van der Waals surface area contributed by atoms with Crippen molar-refractivity contribution in [1.29, 1.82) is 0 Å². The van der Waals surface area contributed by atoms with E-state index in [4.69, 9.17) is 0 Å². The number of hydrogen-bond donors (Lipinski definition) is 0. The maximum absolute atomic E-state index is 2.31. The predicted octanol–water partition coefficient (Wildman–Crippen LogP) is 24.8. The molecule has 404 valence electrons. The first kappa shape index (κ1) is 68.2. The van der Waals surface area contributed by atoms with Crippen LogP contribution >= 0.6 is 0 Å². The van der Waals surface area contributed by atoms with Gasteiger partial charge in [-0.1, -0.05) is 234 Å². The molecule has 9 aromatic rings. The lowest BCUT2D eigenvalue weighted by Crippen LogP contribution is -2.13. The van der Waals surface area contributed by atoms with Crippen molar-refractivity contribution in [3.63, 3.8) is 0 Å². The Labute approximate surface area is 465 Å². The largest absolute Gasteiger partial charge is 0.311 e. The van der Waals surface area contributed by atoms with Gasteiger partial charge in [-0.15, -0.1) is 0 Å². The highest BCUT2D eigenvalue weighted by molar-refractivity contribution is 5.84. The Kier molecular flexibility index (Phi) is 39.1. The zero-order valence-corrected chi connectivity index (χ0v) is 50.0. The van der Waals surface area contributed by atoms with Gasteiger partial charge in [-0.05, 0) is 146 Å². The summed E-state index contributed by atoms with van der Waals surface area (Å²) in [6.45, 7) is 36.0. The Morgan fingerprint density at radius 1 is 0.118 bits per heavy atom. The van der Waals surface area contributed by atoms with Gasteiger partial charge >= 0.3 is 0 Å². The van der Waals surface area contributed by atoms with Crippen LogP contribution in [0.15, 0.2) is 255 Å². The van der Waals surface area contributed by atoms with Gasteiger partial charge in [-0.25, -0.2) is 0 Å². The lowest BCUT2D eigenvalue weighted by molar-refractivity contribution is 1.24. The molecule has 0 heterocycles. The monoisotopic (exact) mass is 1020 g/mol. The minimum atomic E-state index is 1.07. The van der Waals surface area contributed by atoms with E-state index in [0.29, 0.717) is 0 Å². The maximum Gasteiger partial charge on any atom is 0.0463 e. The van der Waals surface area contributed by atoms with Crippen LogP contribution in [0.4, 0.5) is 68.2 Å². The highest BCUT2D eigenvalue weighted by Crippen LogP contribution is 2.42. The molecule has 0 N–H and O–H groups in total. The number of rotatable bonds is 12. The standard InChI is InChI=1S/C54H42N4.9C2H6/c1-7-19-43(20-8-1)55(44-21-9-2-10-22-44)49-31-35-51(36-32-49)57(47-27-15-5-16-28-47)53-39-41-54(42-40-53)58(48-29-17-6-18-30-48)52-37-33-50(34-38-52)56(45-23-11-3-12-24-45)46-25-13-4-14-26-46;9*1-2/h1-42H;9*1-2H3. The summed E-state index contributed by atoms with van der Waals surface area (Å²) in [4.78, 5) is 9.20. The molecule has 0 aliphatic heterocycles. The fourth-order valence-electron chi connectivity index (χ4n) is 7.50. The van der Waals surface area contributed by atoms with Crippen LogP contribution < -0.4 is 19.6 Å². The first-order chi connectivity index (χ1) is 37.8. The van der Waals surface area contributed by atoms with E-state index in [-0.39, 0.29) is 0 Å². The molecule has 0 saturated carbocycles. The Morgan fingerprint density at radius 2 is 0.197 bits per heavy atom. The van der Waals surface area contributed by atoms with Crippen LogP contribution in [0.25, 0.3) is 0 Å². The smallest absolute Gasteiger partial charge is 0.0463 e. The van der Waals surface area contributed by atoms with Crippen molar-refractivity contribution in [3.05, 3.63) is 255 Å². The Bertz CT molecular complexity index is 2350. The van der Waals surface area contributed by atoms with Crippen molar-refractivity contribution >= 4 is 68.2 Å². The van der Waals surface area contributed by atoms with Crippen LogP contribution in [0.1, 0.15) is 125 Å². The fraction of sp³-hybridized carbons (Fsp3) is 0.250. The Morgan fingerprint density at radius 3 is 0.289 bits per heavy atom. The normalized spacial score (nSPS) is 8.92. The van der Waals surface area contributed by atoms with Gasteiger partial charge in [-0.3, -0.25) is 0 Å². The number of hydrogen-bond acceptors (Lipinski definition) is 4. The van der Waals surface area contributed by atoms with Gasteiger partial charge in [0.2, 0.25) is 0 Å². The summed E-state index contributed by atoms with van der Waals surface area (Å²) in [5.74, 6) is 0. The van der Waals surface area contributed by atoms with Crippen molar-refractivity contribution in [2.75, 3.05) is 19.6 Å². The molecule has 0 fully saturated rings. The van der Waals surface area contributed by atoms with Crippen LogP contribution in [-0.2, 0) is 0 Å². The molecule has 4 heteroatoms. The third kappa shape index (κ3) is 20.1. The van der Waals surface area contributed by atoms with Gasteiger partial charge in [0.1, 0.15) is 0 Å². The molecule has 0 atom stereocenters. The summed E-state index contributed by atoms with van der Waals surface area (Å²) in [7, 11) is 0. The number of benzene rings is 9. The minimum absolute atomic E-state index is 1.07. The topological polar surface area (TPSA) is 13.0 Å². The third-order valence-corrected chi connectivity index (χ3v) is 10.2. The second kappa shape index (κ2) is 43.6. The van der Waals surface area contributed by atoms with Gasteiger partial charge < -0.3 is 19.6 Å². The van der Waals surface area contributed by atoms with E-state index in [1.54, 1.807) is 0 Å². The number of anilines is 12. The van der Waals surface area contributed by atoms with Crippen molar-refractivity contribution in [3.8, 4) is 0 Å². The third-order valence-electron chi connectivity index (χ3n) is 10.2. The molecule has 0 aromatic heterocycles. The SMILES string of the molecule is CC.CC.CC.CC.CC.CC.CC.CC.CC.c1ccc(N(c2ccccc2)c2ccc(N(c3ccccc3)c3ccc(N(c4ccccc4)c4ccc(N(c5ccccc5)c5ccccc5)cc4)cc3)cc2)cc1. The lowest BCUT2D eigenvalue weighted by atomic mass is 10.1. The first-order valence-electron chi connectivity index (χ1n) is 28.6. The number of para-hydroxylation sites is 6. The van der Waals surface area contributed by atoms with E-state index in [1.165, 1.54) is 0 Å². The molecule has 0 unspecified atom stereocenters. The molecule has 4 nitrogen and oxygen atoms in total. The van der Waals surface area contributed by atoms with E-state index in [1.807, 2.05) is 125 Å². The fourth-order valence-corrected chi connectivity index (χ4v) is 7.50. The second-order valence-corrected chi connectivity index (χ2v) is 13.9. The van der Waals surface area contributed by atoms with Gasteiger partial charge in [0.05, 0.1) is 0 Å². The second-order valence-electron chi connectivity index (χ2n) is 13.9.